The molecule has 0 spiro atoms. The summed E-state index contributed by atoms with van der Waals surface area (Å²) in [6.07, 6.45) is 0.0756. The molecule has 2 N–H and O–H groups in total. The lowest BCUT2D eigenvalue weighted by atomic mass is 10.2. The number of carbonyl (C=O) groups is 1. The van der Waals surface area contributed by atoms with Crippen molar-refractivity contribution in [3.8, 4) is 5.75 Å². The van der Waals surface area contributed by atoms with Crippen molar-refractivity contribution in [2.75, 3.05) is 26.9 Å². The average Bonchev–Trinajstić information content (AvgIpc) is 2.41. The van der Waals surface area contributed by atoms with E-state index in [-0.39, 0.29) is 31.4 Å². The standard InChI is InChI=1S/C14H20FNO4/c1-19-10-12(17)6-8-16-14(18)7-9-20-13-4-2-11(15)3-5-13/h2-5,12,17H,6-10H2,1H3,(H,16,18). The van der Waals surface area contributed by atoms with Gasteiger partial charge in [0, 0.05) is 13.7 Å². The van der Waals surface area contributed by atoms with Gasteiger partial charge in [-0.2, -0.15) is 0 Å². The van der Waals surface area contributed by atoms with E-state index in [1.807, 2.05) is 0 Å². The molecule has 0 heterocycles. The summed E-state index contributed by atoms with van der Waals surface area (Å²) < 4.78 is 22.7. The molecule has 1 rings (SSSR count). The first-order chi connectivity index (χ1) is 9.61. The smallest absolute Gasteiger partial charge is 0.223 e. The van der Waals surface area contributed by atoms with E-state index >= 15 is 0 Å². The van der Waals surface area contributed by atoms with Crippen molar-refractivity contribution < 1.29 is 23.8 Å². The van der Waals surface area contributed by atoms with Crippen molar-refractivity contribution in [1.29, 1.82) is 0 Å². The molecule has 0 aliphatic heterocycles. The highest BCUT2D eigenvalue weighted by Crippen LogP contribution is 2.10. The van der Waals surface area contributed by atoms with Crippen molar-refractivity contribution in [1.82, 2.24) is 5.32 Å². The van der Waals surface area contributed by atoms with E-state index in [2.05, 4.69) is 5.32 Å². The van der Waals surface area contributed by atoms with Crippen LogP contribution < -0.4 is 10.1 Å². The Kier molecular flexibility index (Phi) is 7.60. The fourth-order valence-corrected chi connectivity index (χ4v) is 1.53. The van der Waals surface area contributed by atoms with Gasteiger partial charge in [0.05, 0.1) is 25.7 Å². The molecule has 5 nitrogen and oxygen atoms in total. The second-order valence-electron chi connectivity index (χ2n) is 4.30. The third-order valence-corrected chi connectivity index (χ3v) is 2.57. The van der Waals surface area contributed by atoms with Crippen LogP contribution in [0.1, 0.15) is 12.8 Å². The van der Waals surface area contributed by atoms with E-state index < -0.39 is 6.10 Å². The van der Waals surface area contributed by atoms with Crippen molar-refractivity contribution >= 4 is 5.91 Å². The Morgan fingerprint density at radius 2 is 2.10 bits per heavy atom. The molecule has 1 atom stereocenters. The number of aliphatic hydroxyl groups excluding tert-OH is 1. The first kappa shape index (κ1) is 16.4. The summed E-state index contributed by atoms with van der Waals surface area (Å²) in [5.41, 5.74) is 0. The minimum atomic E-state index is -0.573. The Labute approximate surface area is 117 Å². The summed E-state index contributed by atoms with van der Waals surface area (Å²) in [5.74, 6) is 0.0381. The number of rotatable bonds is 9. The Balaban J connectivity index is 2.09. The topological polar surface area (TPSA) is 67.8 Å². The number of methoxy groups -OCH3 is 1. The normalized spacial score (nSPS) is 11.9. The number of amides is 1. The van der Waals surface area contributed by atoms with Gasteiger partial charge in [0.25, 0.3) is 0 Å². The number of halogens is 1. The largest absolute Gasteiger partial charge is 0.493 e. The molecule has 1 aromatic carbocycles. The molecule has 0 saturated carbocycles. The van der Waals surface area contributed by atoms with Gasteiger partial charge in [-0.15, -0.1) is 0 Å². The van der Waals surface area contributed by atoms with Crippen molar-refractivity contribution in [3.05, 3.63) is 30.1 Å². The fourth-order valence-electron chi connectivity index (χ4n) is 1.53. The van der Waals surface area contributed by atoms with Crippen molar-refractivity contribution in [2.45, 2.75) is 18.9 Å². The van der Waals surface area contributed by atoms with Gasteiger partial charge in [-0.1, -0.05) is 0 Å². The summed E-state index contributed by atoms with van der Waals surface area (Å²) in [4.78, 5) is 11.5. The summed E-state index contributed by atoms with van der Waals surface area (Å²) in [5, 5.41) is 12.1. The Bertz CT molecular complexity index is 397. The minimum Gasteiger partial charge on any atom is -0.493 e. The molecule has 0 aliphatic rings. The van der Waals surface area contributed by atoms with Crippen molar-refractivity contribution in [2.24, 2.45) is 0 Å². The Morgan fingerprint density at radius 1 is 1.40 bits per heavy atom. The van der Waals surface area contributed by atoms with Crippen LogP contribution in [0.15, 0.2) is 24.3 Å². The maximum absolute atomic E-state index is 12.6. The fraction of sp³-hybridized carbons (Fsp3) is 0.500. The monoisotopic (exact) mass is 285 g/mol. The zero-order chi connectivity index (χ0) is 14.8. The second kappa shape index (κ2) is 9.28. The van der Waals surface area contributed by atoms with E-state index in [4.69, 9.17) is 9.47 Å². The lowest BCUT2D eigenvalue weighted by molar-refractivity contribution is -0.121. The van der Waals surface area contributed by atoms with E-state index in [9.17, 15) is 14.3 Å². The predicted octanol–water partition coefficient (Wildman–Crippen LogP) is 1.11. The zero-order valence-corrected chi connectivity index (χ0v) is 11.5. The molecule has 1 unspecified atom stereocenters. The number of carbonyl (C=O) groups excluding carboxylic acids is 1. The van der Waals surface area contributed by atoms with E-state index in [1.54, 1.807) is 0 Å². The molecule has 0 saturated heterocycles. The number of aliphatic hydroxyl groups is 1. The molecule has 0 aromatic heterocycles. The van der Waals surface area contributed by atoms with Gasteiger partial charge in [0.15, 0.2) is 0 Å². The van der Waals surface area contributed by atoms with Gasteiger partial charge in [-0.3, -0.25) is 4.79 Å². The highest BCUT2D eigenvalue weighted by molar-refractivity contribution is 5.75. The predicted molar refractivity (Wildman–Crippen MR) is 72.0 cm³/mol. The van der Waals surface area contributed by atoms with Crippen LogP contribution in [0.4, 0.5) is 4.39 Å². The van der Waals surface area contributed by atoms with E-state index in [0.29, 0.717) is 18.7 Å². The third-order valence-electron chi connectivity index (χ3n) is 2.57. The number of benzene rings is 1. The molecule has 1 aromatic rings. The maximum atomic E-state index is 12.6. The first-order valence-electron chi connectivity index (χ1n) is 6.44. The first-order valence-corrected chi connectivity index (χ1v) is 6.44. The van der Waals surface area contributed by atoms with Crippen LogP contribution in [0.5, 0.6) is 5.75 Å². The van der Waals surface area contributed by atoms with Gasteiger partial charge in [-0.05, 0) is 30.7 Å². The van der Waals surface area contributed by atoms with Gasteiger partial charge in [-0.25, -0.2) is 4.39 Å². The van der Waals surface area contributed by atoms with E-state index in [1.165, 1.54) is 31.4 Å². The molecule has 0 bridgehead atoms. The van der Waals surface area contributed by atoms with Gasteiger partial charge in [0.1, 0.15) is 11.6 Å². The molecular weight excluding hydrogens is 265 g/mol. The quantitative estimate of drug-likeness (QED) is 0.713. The molecule has 0 fully saturated rings. The summed E-state index contributed by atoms with van der Waals surface area (Å²) >= 11 is 0. The molecule has 1 amide bonds. The number of ether oxygens (including phenoxy) is 2. The van der Waals surface area contributed by atoms with Crippen LogP contribution in [0.2, 0.25) is 0 Å². The van der Waals surface area contributed by atoms with Crippen LogP contribution in [0.3, 0.4) is 0 Å². The minimum absolute atomic E-state index is 0.156. The molecule has 0 radical (unpaired) electrons. The lowest BCUT2D eigenvalue weighted by Crippen LogP contribution is -2.29. The van der Waals surface area contributed by atoms with Gasteiger partial charge < -0.3 is 19.9 Å². The SMILES string of the molecule is COCC(O)CCNC(=O)CCOc1ccc(F)cc1. The van der Waals surface area contributed by atoms with Crippen LogP contribution in [0.25, 0.3) is 0 Å². The van der Waals surface area contributed by atoms with Crippen molar-refractivity contribution in [3.63, 3.8) is 0 Å². The Hall–Kier alpha value is -1.66. The number of hydrogen-bond donors (Lipinski definition) is 2. The summed E-state index contributed by atoms with van der Waals surface area (Å²) in [6.45, 7) is 0.863. The Morgan fingerprint density at radius 3 is 2.75 bits per heavy atom. The molecule has 0 aliphatic carbocycles. The second-order valence-corrected chi connectivity index (χ2v) is 4.30. The van der Waals surface area contributed by atoms with Gasteiger partial charge >= 0.3 is 0 Å². The maximum Gasteiger partial charge on any atom is 0.223 e. The average molecular weight is 285 g/mol. The molecular formula is C14H20FNO4. The highest BCUT2D eigenvalue weighted by Gasteiger charge is 2.05. The van der Waals surface area contributed by atoms with Gasteiger partial charge in [0.2, 0.25) is 5.91 Å². The van der Waals surface area contributed by atoms with E-state index in [0.717, 1.165) is 0 Å². The zero-order valence-electron chi connectivity index (χ0n) is 11.5. The number of nitrogens with one attached hydrogen (secondary N) is 1. The van der Waals surface area contributed by atoms with Crippen LogP contribution in [0, 0.1) is 5.82 Å². The van der Waals surface area contributed by atoms with Crippen LogP contribution in [-0.2, 0) is 9.53 Å². The lowest BCUT2D eigenvalue weighted by Gasteiger charge is -2.10. The molecule has 6 heteroatoms. The van der Waals surface area contributed by atoms with Crippen LogP contribution >= 0.6 is 0 Å². The third kappa shape index (κ3) is 7.06. The highest BCUT2D eigenvalue weighted by atomic mass is 19.1. The number of hydrogen-bond acceptors (Lipinski definition) is 4. The molecule has 20 heavy (non-hydrogen) atoms. The molecule has 112 valence electrons. The summed E-state index contributed by atoms with van der Waals surface area (Å²) in [6, 6.07) is 5.61. The summed E-state index contributed by atoms with van der Waals surface area (Å²) in [7, 11) is 1.51. The van der Waals surface area contributed by atoms with Crippen LogP contribution in [-0.4, -0.2) is 44.0 Å².